The molecule has 0 heterocycles. The molecule has 4 N–H and O–H groups in total. The van der Waals surface area contributed by atoms with Gasteiger partial charge in [0.2, 0.25) is 0 Å². The molecule has 0 bridgehead atoms. The van der Waals surface area contributed by atoms with E-state index >= 15 is 0 Å². The number of esters is 2. The first-order chi connectivity index (χ1) is 30.8. The molecule has 0 aliphatic rings. The number of ketones is 1. The second-order valence-electron chi connectivity index (χ2n) is 14.6. The molecule has 14 nitrogen and oxygen atoms in total. The number of aliphatic hydroxyl groups is 1. The Morgan fingerprint density at radius 3 is 1.58 bits per heavy atom. The van der Waals surface area contributed by atoms with Crippen molar-refractivity contribution >= 4 is 33.4 Å². The van der Waals surface area contributed by atoms with Crippen LogP contribution in [0, 0.1) is 0 Å². The molecular weight excluding hydrogens is 862 g/mol. The van der Waals surface area contributed by atoms with Crippen molar-refractivity contribution in [3.63, 3.8) is 0 Å². The molecule has 0 aromatic carbocycles. The first-order valence-corrected chi connectivity index (χ1v) is 25.6. The summed E-state index contributed by atoms with van der Waals surface area (Å²) < 4.78 is 47.6. The zero-order valence-electron chi connectivity index (χ0n) is 38.1. The number of phosphoric ester groups is 2. The average Bonchev–Trinajstić information content (AvgIpc) is 3.25. The van der Waals surface area contributed by atoms with Gasteiger partial charge in [0.1, 0.15) is 12.7 Å². The quantitative estimate of drug-likeness (QED) is 0.0112. The zero-order valence-corrected chi connectivity index (χ0v) is 39.9. The minimum absolute atomic E-state index is 0.0352. The molecule has 64 heavy (non-hydrogen) atoms. The fourth-order valence-electron chi connectivity index (χ4n) is 5.21. The molecule has 0 aliphatic carbocycles. The van der Waals surface area contributed by atoms with E-state index in [0.29, 0.717) is 6.42 Å². The van der Waals surface area contributed by atoms with Crippen LogP contribution in [0.15, 0.2) is 109 Å². The largest absolute Gasteiger partial charge is 0.472 e. The van der Waals surface area contributed by atoms with Crippen LogP contribution in [0.3, 0.4) is 0 Å². The van der Waals surface area contributed by atoms with Crippen LogP contribution in [0.2, 0.25) is 0 Å². The van der Waals surface area contributed by atoms with E-state index in [1.54, 1.807) is 12.2 Å². The van der Waals surface area contributed by atoms with Crippen LogP contribution in [0.5, 0.6) is 0 Å². The highest BCUT2D eigenvalue weighted by Crippen LogP contribution is 2.43. The van der Waals surface area contributed by atoms with Gasteiger partial charge in [-0.2, -0.15) is 0 Å². The number of rotatable bonds is 41. The standard InChI is InChI=1S/C48H76O14P2/c1-3-5-7-9-11-13-15-17-18-19-20-21-22-24-26-28-30-32-34-38-48(52)62-46(43-61-64(56,57)60-41-45(50)40-59-63(53,54)55)42-58-47(51)39-35-37-44(49)36-33-31-29-27-25-23-16-14-12-10-8-6-4-2/h5,7,11-14,17-18,20-21,23-26,29,31,33,36,45-46,50H,3-4,6,8-10,15-16,19,22,27-28,30,32,34-35,37-43H2,1-2H3,(H,56,57)(H2,53,54,55)/b7-5-,13-11-,14-12-,18-17-,21-20-,25-23-,26-24-,31-29-,36-33+/t45-,46+/m0/s1. The number of carbonyl (C=O) groups is 3. The Kier molecular flexibility index (Phi) is 39.8. The molecule has 0 spiro atoms. The van der Waals surface area contributed by atoms with Crippen LogP contribution in [0.4, 0.5) is 0 Å². The monoisotopic (exact) mass is 938 g/mol. The highest BCUT2D eigenvalue weighted by molar-refractivity contribution is 7.47. The Morgan fingerprint density at radius 1 is 0.516 bits per heavy atom. The van der Waals surface area contributed by atoms with Crippen LogP contribution in [0.25, 0.3) is 0 Å². The summed E-state index contributed by atoms with van der Waals surface area (Å²) in [5, 5.41) is 9.75. The van der Waals surface area contributed by atoms with E-state index in [-0.39, 0.29) is 31.5 Å². The maximum absolute atomic E-state index is 12.7. The minimum atomic E-state index is -4.90. The van der Waals surface area contributed by atoms with E-state index in [1.165, 1.54) is 25.3 Å². The maximum atomic E-state index is 12.7. The molecule has 362 valence electrons. The molecule has 3 atom stereocenters. The van der Waals surface area contributed by atoms with Gasteiger partial charge in [0.25, 0.3) is 0 Å². The maximum Gasteiger partial charge on any atom is 0.472 e. The van der Waals surface area contributed by atoms with Crippen LogP contribution in [-0.4, -0.2) is 76.1 Å². The molecule has 0 fully saturated rings. The number of hydrogen-bond donors (Lipinski definition) is 4. The predicted molar refractivity (Wildman–Crippen MR) is 253 cm³/mol. The van der Waals surface area contributed by atoms with E-state index in [2.05, 4.69) is 108 Å². The van der Waals surface area contributed by atoms with Crippen molar-refractivity contribution in [3.8, 4) is 0 Å². The number of allylic oxidation sites excluding steroid dienone is 18. The number of carbonyl (C=O) groups excluding carboxylic acids is 3. The van der Waals surface area contributed by atoms with Gasteiger partial charge in [-0.1, -0.05) is 136 Å². The van der Waals surface area contributed by atoms with Gasteiger partial charge in [0.15, 0.2) is 11.9 Å². The van der Waals surface area contributed by atoms with Crippen molar-refractivity contribution in [1.82, 2.24) is 0 Å². The van der Waals surface area contributed by atoms with Gasteiger partial charge in [-0.25, -0.2) is 9.13 Å². The first kappa shape index (κ1) is 60.5. The molecule has 0 aromatic heterocycles. The predicted octanol–water partition coefficient (Wildman–Crippen LogP) is 11.1. The fourth-order valence-corrected chi connectivity index (χ4v) is 6.36. The third kappa shape index (κ3) is 45.0. The van der Waals surface area contributed by atoms with Gasteiger partial charge >= 0.3 is 27.6 Å². The van der Waals surface area contributed by atoms with Gasteiger partial charge < -0.3 is 29.3 Å². The van der Waals surface area contributed by atoms with Crippen LogP contribution in [-0.2, 0) is 46.6 Å². The zero-order chi connectivity index (χ0) is 47.4. The number of phosphoric acid groups is 2. The smallest absolute Gasteiger partial charge is 0.462 e. The van der Waals surface area contributed by atoms with Gasteiger partial charge in [-0.05, 0) is 89.5 Å². The third-order valence-corrected chi connectivity index (χ3v) is 10.0. The van der Waals surface area contributed by atoms with Crippen LogP contribution < -0.4 is 0 Å². The van der Waals surface area contributed by atoms with Gasteiger partial charge in [-0.3, -0.25) is 28.0 Å². The molecule has 16 heteroatoms. The lowest BCUT2D eigenvalue weighted by Crippen LogP contribution is -2.30. The van der Waals surface area contributed by atoms with Crippen molar-refractivity contribution in [2.75, 3.05) is 26.4 Å². The lowest BCUT2D eigenvalue weighted by molar-refractivity contribution is -0.161. The van der Waals surface area contributed by atoms with Gasteiger partial charge in [0.05, 0.1) is 19.8 Å². The number of hydrogen-bond acceptors (Lipinski definition) is 11. The van der Waals surface area contributed by atoms with Crippen molar-refractivity contribution in [3.05, 3.63) is 109 Å². The number of aliphatic hydroxyl groups excluding tert-OH is 1. The lowest BCUT2D eigenvalue weighted by Gasteiger charge is -2.20. The molecule has 1 unspecified atom stereocenters. The van der Waals surface area contributed by atoms with E-state index < -0.39 is 66.2 Å². The molecule has 0 aromatic rings. The fraction of sp³-hybridized carbons (Fsp3) is 0.562. The second-order valence-corrected chi connectivity index (χ2v) is 17.3. The Hall–Kier alpha value is -3.55. The summed E-state index contributed by atoms with van der Waals surface area (Å²) in [6, 6.07) is 0. The molecule has 0 aliphatic heterocycles. The summed E-state index contributed by atoms with van der Waals surface area (Å²) in [7, 11) is -9.78. The van der Waals surface area contributed by atoms with Crippen LogP contribution in [0.1, 0.15) is 136 Å². The molecule has 0 radical (unpaired) electrons. The Bertz CT molecular complexity index is 1600. The highest BCUT2D eigenvalue weighted by atomic mass is 31.2. The lowest BCUT2D eigenvalue weighted by atomic mass is 10.1. The second kappa shape index (κ2) is 42.1. The van der Waals surface area contributed by atoms with Gasteiger partial charge in [-0.15, -0.1) is 0 Å². The summed E-state index contributed by atoms with van der Waals surface area (Å²) in [5.74, 6) is -1.51. The third-order valence-electron chi connectivity index (χ3n) is 8.61. The normalized spacial score (nSPS) is 14.8. The Labute approximate surface area is 382 Å². The average molecular weight is 939 g/mol. The molecule has 0 rings (SSSR count). The first-order valence-electron chi connectivity index (χ1n) is 22.5. The SMILES string of the molecule is CC/C=C\C/C=C\C/C=C\C/C=C\C/C=C\CCCCCC(=O)O[C@H](COC(=O)CCCC(=O)/C=C/C=C\C/C=C\C/C=C\CCCCC)COP(=O)(O)OC[C@@H](O)COP(=O)(O)O. The molecule has 0 saturated heterocycles. The van der Waals surface area contributed by atoms with E-state index in [0.717, 1.165) is 70.6 Å². The molecule has 0 amide bonds. The van der Waals surface area contributed by atoms with Crippen LogP contribution >= 0.6 is 15.6 Å². The number of unbranched alkanes of at least 4 members (excludes halogenated alkanes) is 6. The summed E-state index contributed by atoms with van der Waals surface area (Å²) in [6.07, 6.45) is 48.0. The summed E-state index contributed by atoms with van der Waals surface area (Å²) in [5.41, 5.74) is 0. The van der Waals surface area contributed by atoms with Gasteiger partial charge in [0, 0.05) is 19.3 Å². The van der Waals surface area contributed by atoms with E-state index in [1.807, 2.05) is 6.08 Å². The van der Waals surface area contributed by atoms with Crippen molar-refractivity contribution in [1.29, 1.82) is 0 Å². The summed E-state index contributed by atoms with van der Waals surface area (Å²) in [4.78, 5) is 65.0. The minimum Gasteiger partial charge on any atom is -0.462 e. The highest BCUT2D eigenvalue weighted by Gasteiger charge is 2.28. The number of ether oxygens (including phenoxy) is 2. The molecular formula is C48H76O14P2. The summed E-state index contributed by atoms with van der Waals surface area (Å²) in [6.45, 7) is 1.29. The topological polar surface area (TPSA) is 212 Å². The Balaban J connectivity index is 4.77. The van der Waals surface area contributed by atoms with Crippen molar-refractivity contribution < 1.29 is 66.3 Å². The van der Waals surface area contributed by atoms with E-state index in [9.17, 15) is 33.5 Å². The van der Waals surface area contributed by atoms with Crippen molar-refractivity contribution in [2.24, 2.45) is 0 Å². The Morgan fingerprint density at radius 2 is 1.02 bits per heavy atom. The van der Waals surface area contributed by atoms with Crippen molar-refractivity contribution in [2.45, 2.75) is 148 Å². The summed E-state index contributed by atoms with van der Waals surface area (Å²) >= 11 is 0. The van der Waals surface area contributed by atoms with E-state index in [4.69, 9.17) is 23.8 Å². The molecule has 0 saturated carbocycles.